The molecule has 0 radical (unpaired) electrons. The number of hydrogen-bond donors (Lipinski definition) is 2. The molecule has 122 valence electrons. The fourth-order valence-corrected chi connectivity index (χ4v) is 2.09. The second-order valence-electron chi connectivity index (χ2n) is 5.16. The van der Waals surface area contributed by atoms with Crippen molar-refractivity contribution in [2.24, 2.45) is 5.73 Å². The molecule has 0 heterocycles. The molecule has 22 heavy (non-hydrogen) atoms. The predicted octanol–water partition coefficient (Wildman–Crippen LogP) is 0.847. The molecule has 0 saturated carbocycles. The predicted molar refractivity (Wildman–Crippen MR) is 82.9 cm³/mol. The number of ether oxygens (including phenoxy) is 1. The van der Waals surface area contributed by atoms with E-state index < -0.39 is 30.1 Å². The van der Waals surface area contributed by atoms with E-state index in [2.05, 4.69) is 0 Å². The van der Waals surface area contributed by atoms with Crippen LogP contribution in [0.25, 0.3) is 0 Å². The summed E-state index contributed by atoms with van der Waals surface area (Å²) in [5, 5.41) is 10.3. The van der Waals surface area contributed by atoms with E-state index in [1.54, 1.807) is 33.0 Å². The van der Waals surface area contributed by atoms with Crippen molar-refractivity contribution in [3.63, 3.8) is 0 Å². The molecule has 1 amide bonds. The molecule has 0 spiro atoms. The second-order valence-corrected chi connectivity index (χ2v) is 5.16. The van der Waals surface area contributed by atoms with Crippen molar-refractivity contribution >= 4 is 11.9 Å². The summed E-state index contributed by atoms with van der Waals surface area (Å²) in [5.74, 6) is -0.913. The Morgan fingerprint density at radius 1 is 1.32 bits per heavy atom. The molecule has 3 N–H and O–H groups in total. The van der Waals surface area contributed by atoms with Gasteiger partial charge in [0.2, 0.25) is 5.91 Å². The molecule has 1 aromatic carbocycles. The highest BCUT2D eigenvalue weighted by Gasteiger charge is 2.28. The van der Waals surface area contributed by atoms with Crippen molar-refractivity contribution in [2.45, 2.75) is 38.5 Å². The number of carbonyl (C=O) groups excluding carboxylic acids is 2. The lowest BCUT2D eigenvalue weighted by Gasteiger charge is -2.31. The fraction of sp³-hybridized carbons (Fsp3) is 0.500. The normalized spacial score (nSPS) is 14.8. The van der Waals surface area contributed by atoms with E-state index >= 15 is 0 Å². The van der Waals surface area contributed by atoms with Crippen LogP contribution in [0, 0.1) is 0 Å². The van der Waals surface area contributed by atoms with Gasteiger partial charge in [0.15, 0.2) is 0 Å². The summed E-state index contributed by atoms with van der Waals surface area (Å²) in [6.07, 6.45) is -1.00. The van der Waals surface area contributed by atoms with Crippen molar-refractivity contribution in [3.8, 4) is 0 Å². The van der Waals surface area contributed by atoms with Crippen LogP contribution in [-0.4, -0.2) is 47.6 Å². The summed E-state index contributed by atoms with van der Waals surface area (Å²) in [7, 11) is 1.56. The molecule has 0 aliphatic heterocycles. The lowest BCUT2D eigenvalue weighted by atomic mass is 10.0. The van der Waals surface area contributed by atoms with Crippen LogP contribution >= 0.6 is 0 Å². The summed E-state index contributed by atoms with van der Waals surface area (Å²) < 4.78 is 4.78. The Bertz CT molecular complexity index is 492. The molecule has 0 fully saturated rings. The molecule has 6 heteroatoms. The van der Waals surface area contributed by atoms with Gasteiger partial charge in [0, 0.05) is 7.05 Å². The number of nitrogens with two attached hydrogens (primary N) is 1. The van der Waals surface area contributed by atoms with E-state index in [1.165, 1.54) is 4.90 Å². The van der Waals surface area contributed by atoms with Gasteiger partial charge in [0.1, 0.15) is 0 Å². The van der Waals surface area contributed by atoms with Crippen LogP contribution in [-0.2, 0) is 14.3 Å². The van der Waals surface area contributed by atoms with Gasteiger partial charge in [-0.05, 0) is 19.4 Å². The number of hydrogen-bond acceptors (Lipinski definition) is 5. The van der Waals surface area contributed by atoms with E-state index in [4.69, 9.17) is 10.5 Å². The molecule has 0 aliphatic carbocycles. The number of esters is 1. The Morgan fingerprint density at radius 2 is 1.91 bits per heavy atom. The highest BCUT2D eigenvalue weighted by molar-refractivity contribution is 5.86. The number of carbonyl (C=O) groups is 2. The van der Waals surface area contributed by atoms with Crippen LogP contribution in [0.5, 0.6) is 0 Å². The molecule has 0 bridgehead atoms. The Balaban J connectivity index is 2.67. The summed E-state index contributed by atoms with van der Waals surface area (Å²) >= 11 is 0. The van der Waals surface area contributed by atoms with Crippen LogP contribution in [0.1, 0.15) is 31.9 Å². The van der Waals surface area contributed by atoms with E-state index in [1.807, 2.05) is 18.2 Å². The molecule has 6 nitrogen and oxygen atoms in total. The van der Waals surface area contributed by atoms with Crippen LogP contribution in [0.3, 0.4) is 0 Å². The minimum Gasteiger partial charge on any atom is -0.466 e. The van der Waals surface area contributed by atoms with Crippen molar-refractivity contribution in [2.75, 3.05) is 13.7 Å². The van der Waals surface area contributed by atoms with Gasteiger partial charge in [0.05, 0.1) is 31.2 Å². The highest BCUT2D eigenvalue weighted by atomic mass is 16.5. The van der Waals surface area contributed by atoms with Crippen molar-refractivity contribution in [3.05, 3.63) is 35.9 Å². The van der Waals surface area contributed by atoms with Gasteiger partial charge in [0.25, 0.3) is 0 Å². The van der Waals surface area contributed by atoms with Gasteiger partial charge in [-0.25, -0.2) is 0 Å². The van der Waals surface area contributed by atoms with Gasteiger partial charge in [-0.1, -0.05) is 30.3 Å². The Morgan fingerprint density at radius 3 is 2.45 bits per heavy atom. The number of nitrogens with zero attached hydrogens (tertiary/aromatic N) is 1. The third-order valence-electron chi connectivity index (χ3n) is 3.57. The molecule has 3 atom stereocenters. The molecule has 0 aliphatic rings. The standard InChI is InChI=1S/C16H24N2O4/c1-4-22-14(19)10-13(17)16(21)18(3)11(2)15(20)12-8-6-5-7-9-12/h5-9,11,13,15,20H,4,10,17H2,1-3H3/t11-,13+,15+/m0/s1. The van der Waals surface area contributed by atoms with E-state index in [-0.39, 0.29) is 13.0 Å². The van der Waals surface area contributed by atoms with Gasteiger partial charge >= 0.3 is 5.97 Å². The topological polar surface area (TPSA) is 92.9 Å². The quantitative estimate of drug-likeness (QED) is 0.728. The van der Waals surface area contributed by atoms with Crippen LogP contribution in [0.15, 0.2) is 30.3 Å². The van der Waals surface area contributed by atoms with Crippen molar-refractivity contribution in [1.29, 1.82) is 0 Å². The highest BCUT2D eigenvalue weighted by Crippen LogP contribution is 2.20. The smallest absolute Gasteiger partial charge is 0.307 e. The monoisotopic (exact) mass is 308 g/mol. The van der Waals surface area contributed by atoms with Crippen LogP contribution in [0.4, 0.5) is 0 Å². The average molecular weight is 308 g/mol. The number of aliphatic hydroxyl groups is 1. The first-order valence-corrected chi connectivity index (χ1v) is 7.29. The zero-order chi connectivity index (χ0) is 16.7. The average Bonchev–Trinajstić information content (AvgIpc) is 2.52. The number of likely N-dealkylation sites (N-methyl/N-ethyl adjacent to an activating group) is 1. The Hall–Kier alpha value is -1.92. The van der Waals surface area contributed by atoms with Crippen molar-refractivity contribution in [1.82, 2.24) is 4.90 Å². The van der Waals surface area contributed by atoms with Crippen LogP contribution in [0.2, 0.25) is 0 Å². The fourth-order valence-electron chi connectivity index (χ4n) is 2.09. The minimum atomic E-state index is -0.977. The third-order valence-corrected chi connectivity index (χ3v) is 3.57. The molecule has 1 aromatic rings. The number of rotatable bonds is 7. The lowest BCUT2D eigenvalue weighted by Crippen LogP contribution is -2.48. The first-order chi connectivity index (χ1) is 10.4. The maximum Gasteiger partial charge on any atom is 0.307 e. The summed E-state index contributed by atoms with van der Waals surface area (Å²) in [4.78, 5) is 25.0. The lowest BCUT2D eigenvalue weighted by molar-refractivity contribution is -0.147. The van der Waals surface area contributed by atoms with E-state index in [0.29, 0.717) is 5.56 Å². The maximum absolute atomic E-state index is 12.2. The largest absolute Gasteiger partial charge is 0.466 e. The summed E-state index contributed by atoms with van der Waals surface area (Å²) in [6.45, 7) is 3.67. The zero-order valence-corrected chi connectivity index (χ0v) is 13.2. The molecule has 1 rings (SSSR count). The molecule has 0 saturated heterocycles. The summed E-state index contributed by atoms with van der Waals surface area (Å²) in [6, 6.07) is 7.62. The first kappa shape index (κ1) is 18.1. The molecular formula is C16H24N2O4. The SMILES string of the molecule is CCOC(=O)C[C@@H](N)C(=O)N(C)[C@@H](C)[C@@H](O)c1ccccc1. The van der Waals surface area contributed by atoms with Crippen LogP contribution < -0.4 is 5.73 Å². The van der Waals surface area contributed by atoms with E-state index in [9.17, 15) is 14.7 Å². The Labute approximate surface area is 130 Å². The minimum absolute atomic E-state index is 0.175. The van der Waals surface area contributed by atoms with Gasteiger partial charge in [-0.15, -0.1) is 0 Å². The summed E-state index contributed by atoms with van der Waals surface area (Å²) in [5.41, 5.74) is 6.47. The maximum atomic E-state index is 12.2. The van der Waals surface area contributed by atoms with Gasteiger partial charge in [-0.2, -0.15) is 0 Å². The van der Waals surface area contributed by atoms with Gasteiger partial charge in [-0.3, -0.25) is 9.59 Å². The van der Waals surface area contributed by atoms with E-state index in [0.717, 1.165) is 0 Å². The molecule has 0 unspecified atom stereocenters. The number of amides is 1. The first-order valence-electron chi connectivity index (χ1n) is 7.29. The Kier molecular flexibility index (Phi) is 7.01. The third kappa shape index (κ3) is 4.82. The van der Waals surface area contributed by atoms with Crippen molar-refractivity contribution < 1.29 is 19.4 Å². The molecular weight excluding hydrogens is 284 g/mol. The number of benzene rings is 1. The molecule has 0 aromatic heterocycles. The number of aliphatic hydroxyl groups excluding tert-OH is 1. The van der Waals surface area contributed by atoms with Gasteiger partial charge < -0.3 is 20.5 Å². The zero-order valence-electron chi connectivity index (χ0n) is 13.2. The second kappa shape index (κ2) is 8.51.